The van der Waals surface area contributed by atoms with E-state index in [1.807, 2.05) is 29.2 Å². The first-order valence-electron chi connectivity index (χ1n) is 10.0. The van der Waals surface area contributed by atoms with Crippen molar-refractivity contribution in [1.82, 2.24) is 15.1 Å². The molecule has 2 aromatic carbocycles. The van der Waals surface area contributed by atoms with E-state index in [9.17, 15) is 18.7 Å². The quantitative estimate of drug-likeness (QED) is 0.593. The average Bonchev–Trinajstić information content (AvgIpc) is 3.31. The van der Waals surface area contributed by atoms with Gasteiger partial charge in [-0.1, -0.05) is 23.7 Å². The number of nitrogens with zero attached hydrogens (tertiary/aromatic N) is 2. The maximum absolute atomic E-state index is 13.0. The molecule has 2 N–H and O–H groups in total. The van der Waals surface area contributed by atoms with Gasteiger partial charge in [0.2, 0.25) is 5.91 Å². The van der Waals surface area contributed by atoms with E-state index < -0.39 is 17.7 Å². The fourth-order valence-corrected chi connectivity index (χ4v) is 4.26. The second-order valence-corrected chi connectivity index (χ2v) is 8.25. The van der Waals surface area contributed by atoms with E-state index in [0.717, 1.165) is 41.5 Å². The standard InChI is InChI=1S/C14H14ClN3O.C9H8F2O/c1-9(19)18-6-5-13-12(8-18)14(17-16-13)10-3-2-4-11(15)7-10;10-6-1-5-2-7(12)4-8(5)9(11)3-6/h2-4,7H,5-6,8H2,1H3,(H,16,17);1,3,7,12H,2,4H2. The van der Waals surface area contributed by atoms with Gasteiger partial charge in [-0.05, 0) is 35.7 Å². The summed E-state index contributed by atoms with van der Waals surface area (Å²) in [5, 5.41) is 17.3. The van der Waals surface area contributed by atoms with Crippen LogP contribution in [0.5, 0.6) is 0 Å². The minimum atomic E-state index is -0.569. The molecule has 0 radical (unpaired) electrons. The molecule has 0 fully saturated rings. The van der Waals surface area contributed by atoms with E-state index in [2.05, 4.69) is 10.2 Å². The molecule has 1 atom stereocenters. The SMILES string of the molecule is CC(=O)N1CCc2[nH]nc(-c3cccc(Cl)c3)c2C1.OC1Cc2cc(F)cc(F)c2C1. The van der Waals surface area contributed by atoms with Gasteiger partial charge >= 0.3 is 0 Å². The zero-order chi connectivity index (χ0) is 22.1. The maximum atomic E-state index is 13.0. The molecule has 3 aromatic rings. The monoisotopic (exact) mass is 445 g/mol. The Morgan fingerprint density at radius 1 is 1.23 bits per heavy atom. The van der Waals surface area contributed by atoms with Gasteiger partial charge in [-0.25, -0.2) is 8.78 Å². The summed E-state index contributed by atoms with van der Waals surface area (Å²) in [5.74, 6) is -1.01. The van der Waals surface area contributed by atoms with E-state index in [4.69, 9.17) is 11.6 Å². The zero-order valence-electron chi connectivity index (χ0n) is 17.0. The van der Waals surface area contributed by atoms with Crippen molar-refractivity contribution in [2.75, 3.05) is 6.54 Å². The van der Waals surface area contributed by atoms with Crippen LogP contribution in [0.4, 0.5) is 8.78 Å². The first-order valence-corrected chi connectivity index (χ1v) is 10.4. The lowest BCUT2D eigenvalue weighted by Crippen LogP contribution is -2.34. The van der Waals surface area contributed by atoms with Crippen molar-refractivity contribution in [3.63, 3.8) is 0 Å². The number of aromatic nitrogens is 2. The Hall–Kier alpha value is -2.77. The maximum Gasteiger partial charge on any atom is 0.219 e. The van der Waals surface area contributed by atoms with Gasteiger partial charge in [-0.2, -0.15) is 5.10 Å². The third kappa shape index (κ3) is 4.62. The van der Waals surface area contributed by atoms with Gasteiger partial charge in [0.25, 0.3) is 0 Å². The first-order chi connectivity index (χ1) is 14.8. The summed E-state index contributed by atoms with van der Waals surface area (Å²) < 4.78 is 25.6. The van der Waals surface area contributed by atoms with E-state index >= 15 is 0 Å². The smallest absolute Gasteiger partial charge is 0.219 e. The van der Waals surface area contributed by atoms with E-state index in [0.29, 0.717) is 35.5 Å². The molecule has 1 aliphatic carbocycles. The highest BCUT2D eigenvalue weighted by atomic mass is 35.5. The van der Waals surface area contributed by atoms with Crippen LogP contribution in [-0.4, -0.2) is 38.8 Å². The molecular formula is C23H22ClF2N3O2. The Morgan fingerprint density at radius 2 is 2.03 bits per heavy atom. The molecule has 1 unspecified atom stereocenters. The minimum absolute atomic E-state index is 0.101. The normalized spacial score (nSPS) is 16.9. The molecule has 1 amide bonds. The Morgan fingerprint density at radius 3 is 2.77 bits per heavy atom. The van der Waals surface area contributed by atoms with Crippen LogP contribution in [-0.2, 0) is 30.6 Å². The lowest BCUT2D eigenvalue weighted by atomic mass is 10.0. The third-order valence-corrected chi connectivity index (χ3v) is 5.86. The molecule has 0 spiro atoms. The summed E-state index contributed by atoms with van der Waals surface area (Å²) in [6, 6.07) is 9.77. The highest BCUT2D eigenvalue weighted by Gasteiger charge is 2.24. The summed E-state index contributed by atoms with van der Waals surface area (Å²) in [6.45, 7) is 2.96. The predicted molar refractivity (Wildman–Crippen MR) is 114 cm³/mol. The van der Waals surface area contributed by atoms with Crippen LogP contribution < -0.4 is 0 Å². The van der Waals surface area contributed by atoms with Crippen molar-refractivity contribution in [3.8, 4) is 11.3 Å². The number of aliphatic hydroxyl groups excluding tert-OH is 1. The van der Waals surface area contributed by atoms with E-state index in [1.54, 1.807) is 6.92 Å². The van der Waals surface area contributed by atoms with E-state index in [1.165, 1.54) is 6.07 Å². The van der Waals surface area contributed by atoms with Gasteiger partial charge in [0, 0.05) is 60.8 Å². The van der Waals surface area contributed by atoms with E-state index in [-0.39, 0.29) is 5.91 Å². The molecule has 1 aliphatic heterocycles. The third-order valence-electron chi connectivity index (χ3n) is 5.62. The summed E-state index contributed by atoms with van der Waals surface area (Å²) >= 11 is 6.02. The molecular weight excluding hydrogens is 424 g/mol. The van der Waals surface area contributed by atoms with Crippen molar-refractivity contribution < 1.29 is 18.7 Å². The molecule has 2 heterocycles. The van der Waals surface area contributed by atoms with Crippen LogP contribution in [0.15, 0.2) is 36.4 Å². The largest absolute Gasteiger partial charge is 0.392 e. The number of hydrogen-bond acceptors (Lipinski definition) is 3. The number of nitrogens with one attached hydrogen (secondary N) is 1. The lowest BCUT2D eigenvalue weighted by Gasteiger charge is -2.25. The lowest BCUT2D eigenvalue weighted by molar-refractivity contribution is -0.129. The Balaban J connectivity index is 0.000000166. The topological polar surface area (TPSA) is 69.2 Å². The number of halogens is 3. The molecule has 0 bridgehead atoms. The number of benzene rings is 2. The summed E-state index contributed by atoms with van der Waals surface area (Å²) in [4.78, 5) is 13.3. The summed E-state index contributed by atoms with van der Waals surface area (Å²) in [7, 11) is 0. The summed E-state index contributed by atoms with van der Waals surface area (Å²) in [6.07, 6.45) is 0.949. The molecule has 1 aromatic heterocycles. The molecule has 31 heavy (non-hydrogen) atoms. The molecule has 162 valence electrons. The molecule has 0 saturated heterocycles. The highest BCUT2D eigenvalue weighted by molar-refractivity contribution is 6.30. The Kier molecular flexibility index (Phi) is 6.07. The molecule has 5 nitrogen and oxygen atoms in total. The number of aromatic amines is 1. The number of rotatable bonds is 1. The molecule has 2 aliphatic rings. The van der Waals surface area contributed by atoms with Gasteiger partial charge in [0.1, 0.15) is 11.6 Å². The average molecular weight is 446 g/mol. The molecule has 5 rings (SSSR count). The number of amides is 1. The van der Waals surface area contributed by atoms with Crippen LogP contribution >= 0.6 is 11.6 Å². The first kappa shape index (κ1) is 21.5. The number of aliphatic hydroxyl groups is 1. The van der Waals surface area contributed by atoms with Crippen molar-refractivity contribution in [3.05, 3.63) is 75.4 Å². The Bertz CT molecular complexity index is 1130. The van der Waals surface area contributed by atoms with Crippen LogP contribution in [0, 0.1) is 11.6 Å². The van der Waals surface area contributed by atoms with Gasteiger partial charge < -0.3 is 10.0 Å². The predicted octanol–water partition coefficient (Wildman–Crippen LogP) is 4.06. The summed E-state index contributed by atoms with van der Waals surface area (Å²) in [5.41, 5.74) is 5.15. The number of carbonyl (C=O) groups excluding carboxylic acids is 1. The van der Waals surface area contributed by atoms with Crippen molar-refractivity contribution in [1.29, 1.82) is 0 Å². The fraction of sp³-hybridized carbons (Fsp3) is 0.304. The fourth-order valence-electron chi connectivity index (χ4n) is 4.07. The molecule has 0 saturated carbocycles. The zero-order valence-corrected chi connectivity index (χ0v) is 17.7. The highest BCUT2D eigenvalue weighted by Crippen LogP contribution is 2.29. The van der Waals surface area contributed by atoms with Gasteiger partial charge in [0.05, 0.1) is 11.8 Å². The van der Waals surface area contributed by atoms with Crippen LogP contribution in [0.2, 0.25) is 5.02 Å². The number of carbonyl (C=O) groups is 1. The van der Waals surface area contributed by atoms with Gasteiger partial charge in [-0.3, -0.25) is 9.89 Å². The number of hydrogen-bond donors (Lipinski definition) is 2. The van der Waals surface area contributed by atoms with Crippen LogP contribution in [0.3, 0.4) is 0 Å². The van der Waals surface area contributed by atoms with Crippen molar-refractivity contribution >= 4 is 17.5 Å². The van der Waals surface area contributed by atoms with Gasteiger partial charge in [0.15, 0.2) is 0 Å². The van der Waals surface area contributed by atoms with Crippen LogP contribution in [0.1, 0.15) is 29.3 Å². The van der Waals surface area contributed by atoms with Crippen LogP contribution in [0.25, 0.3) is 11.3 Å². The van der Waals surface area contributed by atoms with Crippen molar-refractivity contribution in [2.24, 2.45) is 0 Å². The number of fused-ring (bicyclic) bond motifs is 2. The second kappa shape index (κ2) is 8.77. The minimum Gasteiger partial charge on any atom is -0.392 e. The second-order valence-electron chi connectivity index (χ2n) is 7.82. The Labute approximate surface area is 183 Å². The number of H-pyrrole nitrogens is 1. The molecule has 8 heteroatoms. The van der Waals surface area contributed by atoms with Gasteiger partial charge in [-0.15, -0.1) is 0 Å². The van der Waals surface area contributed by atoms with Crippen molar-refractivity contribution in [2.45, 2.75) is 38.8 Å².